The Labute approximate surface area is 89.5 Å². The molecular formula is C8H8N8. The molecule has 16 heavy (non-hydrogen) atoms. The monoisotopic (exact) mass is 216 g/mol. The average molecular weight is 216 g/mol. The van der Waals surface area contributed by atoms with E-state index in [9.17, 15) is 0 Å². The summed E-state index contributed by atoms with van der Waals surface area (Å²) in [5, 5.41) is 11.6. The molecule has 0 saturated carbocycles. The number of rotatable bonds is 2. The molecule has 0 saturated heterocycles. The second-order valence-corrected chi connectivity index (χ2v) is 3.10. The molecular weight excluding hydrogens is 208 g/mol. The maximum atomic E-state index is 5.29. The third kappa shape index (κ3) is 1.21. The Bertz CT molecular complexity index is 610. The van der Waals surface area contributed by atoms with Crippen molar-refractivity contribution in [3.63, 3.8) is 0 Å². The van der Waals surface area contributed by atoms with Crippen LogP contribution in [0, 0.1) is 0 Å². The first-order valence-electron chi connectivity index (χ1n) is 4.56. The van der Waals surface area contributed by atoms with Gasteiger partial charge in [0.25, 0.3) is 0 Å². The highest BCUT2D eigenvalue weighted by Gasteiger charge is 2.10. The van der Waals surface area contributed by atoms with E-state index in [2.05, 4.69) is 30.7 Å². The van der Waals surface area contributed by atoms with E-state index >= 15 is 0 Å². The predicted octanol–water partition coefficient (Wildman–Crippen LogP) is -0.176. The van der Waals surface area contributed by atoms with Crippen molar-refractivity contribution in [3.8, 4) is 5.82 Å². The fraction of sp³-hybridized carbons (Fsp3) is 0. The third-order valence-electron chi connectivity index (χ3n) is 2.14. The largest absolute Gasteiger partial charge is 0.292 e. The second kappa shape index (κ2) is 3.28. The van der Waals surface area contributed by atoms with Gasteiger partial charge in [-0.15, -0.1) is 0 Å². The average Bonchev–Trinajstić information content (AvgIpc) is 2.98. The van der Waals surface area contributed by atoms with Gasteiger partial charge >= 0.3 is 0 Å². The van der Waals surface area contributed by atoms with Gasteiger partial charge in [0.2, 0.25) is 5.95 Å². The second-order valence-electron chi connectivity index (χ2n) is 3.10. The molecule has 0 radical (unpaired) electrons. The van der Waals surface area contributed by atoms with Crippen LogP contribution in [0.25, 0.3) is 16.9 Å². The molecule has 0 bridgehead atoms. The van der Waals surface area contributed by atoms with Crippen LogP contribution < -0.4 is 11.3 Å². The van der Waals surface area contributed by atoms with E-state index < -0.39 is 0 Å². The minimum absolute atomic E-state index is 0.308. The SMILES string of the molecule is NNc1nc(-n2cccn2)c2cn[nH]c2n1. The molecule has 0 aliphatic carbocycles. The van der Waals surface area contributed by atoms with Crippen LogP contribution in [0.15, 0.2) is 24.7 Å². The van der Waals surface area contributed by atoms with Crippen LogP contribution in [0.2, 0.25) is 0 Å². The first-order valence-corrected chi connectivity index (χ1v) is 4.56. The number of anilines is 1. The lowest BCUT2D eigenvalue weighted by Crippen LogP contribution is -2.12. The van der Waals surface area contributed by atoms with Crippen molar-refractivity contribution in [3.05, 3.63) is 24.7 Å². The maximum Gasteiger partial charge on any atom is 0.241 e. The van der Waals surface area contributed by atoms with Crippen molar-refractivity contribution in [2.45, 2.75) is 0 Å². The van der Waals surface area contributed by atoms with Crippen LogP contribution in [0.3, 0.4) is 0 Å². The number of nitrogens with two attached hydrogens (primary N) is 1. The molecule has 0 unspecified atom stereocenters. The molecule has 0 aliphatic heterocycles. The van der Waals surface area contributed by atoms with E-state index in [-0.39, 0.29) is 0 Å². The molecule has 3 rings (SSSR count). The molecule has 0 aliphatic rings. The quantitative estimate of drug-likeness (QED) is 0.405. The number of aromatic amines is 1. The van der Waals surface area contributed by atoms with Crippen molar-refractivity contribution in [1.82, 2.24) is 29.9 Å². The van der Waals surface area contributed by atoms with Gasteiger partial charge in [-0.25, -0.2) is 10.5 Å². The zero-order chi connectivity index (χ0) is 11.0. The van der Waals surface area contributed by atoms with Crippen molar-refractivity contribution < 1.29 is 0 Å². The fourth-order valence-corrected chi connectivity index (χ4v) is 1.45. The zero-order valence-electron chi connectivity index (χ0n) is 8.12. The van der Waals surface area contributed by atoms with Crippen LogP contribution in [-0.2, 0) is 0 Å². The van der Waals surface area contributed by atoms with Crippen LogP contribution in [0.1, 0.15) is 0 Å². The van der Waals surface area contributed by atoms with Gasteiger partial charge in [0.1, 0.15) is 0 Å². The highest BCUT2D eigenvalue weighted by Crippen LogP contribution is 2.17. The van der Waals surface area contributed by atoms with Gasteiger partial charge in [-0.1, -0.05) is 0 Å². The number of hydrogen-bond acceptors (Lipinski definition) is 6. The lowest BCUT2D eigenvalue weighted by atomic mass is 10.4. The van der Waals surface area contributed by atoms with Gasteiger partial charge in [0.15, 0.2) is 11.5 Å². The molecule has 0 spiro atoms. The first-order chi connectivity index (χ1) is 7.88. The standard InChI is InChI=1S/C8H8N8/c9-14-8-12-6-5(4-10-15-6)7(13-8)16-3-1-2-11-16/h1-4H,9H2,(H2,10,12,13,14,15). The van der Waals surface area contributed by atoms with Gasteiger partial charge in [-0.3, -0.25) is 10.5 Å². The van der Waals surface area contributed by atoms with Gasteiger partial charge in [0, 0.05) is 12.4 Å². The van der Waals surface area contributed by atoms with Gasteiger partial charge in [-0.05, 0) is 6.07 Å². The number of nitrogen functional groups attached to an aromatic ring is 1. The van der Waals surface area contributed by atoms with E-state index in [0.717, 1.165) is 5.39 Å². The van der Waals surface area contributed by atoms with E-state index in [1.807, 2.05) is 6.07 Å². The lowest BCUT2D eigenvalue weighted by Gasteiger charge is -2.04. The lowest BCUT2D eigenvalue weighted by molar-refractivity contribution is 0.851. The molecule has 3 aromatic rings. The van der Waals surface area contributed by atoms with Gasteiger partial charge < -0.3 is 0 Å². The fourth-order valence-electron chi connectivity index (χ4n) is 1.45. The number of H-pyrrole nitrogens is 1. The van der Waals surface area contributed by atoms with Crippen LogP contribution in [0.5, 0.6) is 0 Å². The van der Waals surface area contributed by atoms with Crippen LogP contribution in [0.4, 0.5) is 5.95 Å². The number of aromatic nitrogens is 6. The Hall–Kier alpha value is -2.48. The minimum Gasteiger partial charge on any atom is -0.292 e. The van der Waals surface area contributed by atoms with Crippen molar-refractivity contribution in [2.75, 3.05) is 5.43 Å². The summed E-state index contributed by atoms with van der Waals surface area (Å²) in [6.07, 6.45) is 5.10. The summed E-state index contributed by atoms with van der Waals surface area (Å²) < 4.78 is 1.63. The Morgan fingerprint density at radius 3 is 3.06 bits per heavy atom. The Kier molecular flexibility index (Phi) is 1.80. The minimum atomic E-state index is 0.308. The smallest absolute Gasteiger partial charge is 0.241 e. The molecule has 0 fully saturated rings. The molecule has 3 aromatic heterocycles. The van der Waals surface area contributed by atoms with E-state index in [0.29, 0.717) is 17.4 Å². The summed E-state index contributed by atoms with van der Waals surface area (Å²) in [7, 11) is 0. The summed E-state index contributed by atoms with van der Waals surface area (Å²) in [6.45, 7) is 0. The number of hydrazine groups is 1. The molecule has 0 amide bonds. The summed E-state index contributed by atoms with van der Waals surface area (Å²) in [5.41, 5.74) is 3.01. The summed E-state index contributed by atoms with van der Waals surface area (Å²) >= 11 is 0. The number of fused-ring (bicyclic) bond motifs is 1. The van der Waals surface area contributed by atoms with E-state index in [1.54, 1.807) is 23.3 Å². The predicted molar refractivity (Wildman–Crippen MR) is 56.6 cm³/mol. The Balaban J connectivity index is 2.33. The van der Waals surface area contributed by atoms with E-state index in [4.69, 9.17) is 5.84 Å². The summed E-state index contributed by atoms with van der Waals surface area (Å²) in [6, 6.07) is 1.81. The molecule has 0 aromatic carbocycles. The molecule has 4 N–H and O–H groups in total. The molecule has 0 atom stereocenters. The van der Waals surface area contributed by atoms with E-state index in [1.165, 1.54) is 0 Å². The highest BCUT2D eigenvalue weighted by molar-refractivity contribution is 5.82. The topological polar surface area (TPSA) is 110 Å². The normalized spacial score (nSPS) is 10.8. The van der Waals surface area contributed by atoms with Crippen molar-refractivity contribution in [1.29, 1.82) is 0 Å². The molecule has 3 heterocycles. The van der Waals surface area contributed by atoms with Crippen molar-refractivity contribution >= 4 is 17.0 Å². The summed E-state index contributed by atoms with van der Waals surface area (Å²) in [4.78, 5) is 8.35. The number of nitrogens with zero attached hydrogens (tertiary/aromatic N) is 5. The number of nitrogens with one attached hydrogen (secondary N) is 2. The third-order valence-corrected chi connectivity index (χ3v) is 2.14. The van der Waals surface area contributed by atoms with Gasteiger partial charge in [-0.2, -0.15) is 20.2 Å². The first kappa shape index (κ1) is 8.80. The van der Waals surface area contributed by atoms with Crippen LogP contribution in [-0.4, -0.2) is 29.9 Å². The molecule has 8 heteroatoms. The van der Waals surface area contributed by atoms with Gasteiger partial charge in [0.05, 0.1) is 11.6 Å². The van der Waals surface area contributed by atoms with Crippen molar-refractivity contribution in [2.24, 2.45) is 5.84 Å². The summed E-state index contributed by atoms with van der Waals surface area (Å²) in [5.74, 6) is 6.22. The highest BCUT2D eigenvalue weighted by atomic mass is 15.4. The molecule has 8 nitrogen and oxygen atoms in total. The Morgan fingerprint density at radius 2 is 2.31 bits per heavy atom. The molecule has 80 valence electrons. The maximum absolute atomic E-state index is 5.29. The zero-order valence-corrected chi connectivity index (χ0v) is 8.12. The van der Waals surface area contributed by atoms with Crippen LogP contribution >= 0.6 is 0 Å². The number of hydrogen-bond donors (Lipinski definition) is 3. The Morgan fingerprint density at radius 1 is 1.38 bits per heavy atom.